The molecule has 0 saturated heterocycles. The lowest BCUT2D eigenvalue weighted by Gasteiger charge is -2.11. The van der Waals surface area contributed by atoms with Crippen LogP contribution in [0.1, 0.15) is 10.4 Å². The van der Waals surface area contributed by atoms with E-state index in [9.17, 15) is 18.0 Å². The summed E-state index contributed by atoms with van der Waals surface area (Å²) in [6, 6.07) is 19.3. The van der Waals surface area contributed by atoms with Gasteiger partial charge in [0, 0.05) is 47.0 Å². The zero-order chi connectivity index (χ0) is 24.4. The molecule has 0 aliphatic heterocycles. The molecule has 3 aromatic heterocycles. The van der Waals surface area contributed by atoms with E-state index in [0.717, 1.165) is 34.6 Å². The molecule has 2 aromatic carbocycles. The number of alkyl halides is 3. The minimum atomic E-state index is -4.84. The Hall–Kier alpha value is -4.73. The minimum Gasteiger partial charge on any atom is -0.406 e. The molecular weight excluding hydrogens is 459 g/mol. The van der Waals surface area contributed by atoms with Crippen molar-refractivity contribution in [1.82, 2.24) is 19.6 Å². The number of hydrogen-bond acceptors (Lipinski definition) is 5. The zero-order valence-corrected chi connectivity index (χ0v) is 17.9. The SMILES string of the molecule is O=C(Nc1cccc(-c2ccnc3cc(-c4ccncc4)nn23)c1)c1cccc(OC(F)(F)F)c1. The first-order valence-electron chi connectivity index (χ1n) is 10.4. The van der Waals surface area contributed by atoms with E-state index in [1.807, 2.05) is 24.3 Å². The van der Waals surface area contributed by atoms with Gasteiger partial charge in [-0.1, -0.05) is 18.2 Å². The summed E-state index contributed by atoms with van der Waals surface area (Å²) in [6.45, 7) is 0. The van der Waals surface area contributed by atoms with Gasteiger partial charge in [-0.3, -0.25) is 9.78 Å². The molecule has 0 aliphatic rings. The predicted octanol–water partition coefficient (Wildman–Crippen LogP) is 5.61. The Morgan fingerprint density at radius 2 is 1.69 bits per heavy atom. The van der Waals surface area contributed by atoms with Crippen molar-refractivity contribution >= 4 is 17.2 Å². The van der Waals surface area contributed by atoms with E-state index in [1.165, 1.54) is 12.1 Å². The summed E-state index contributed by atoms with van der Waals surface area (Å²) >= 11 is 0. The first-order valence-corrected chi connectivity index (χ1v) is 10.4. The van der Waals surface area contributed by atoms with Crippen LogP contribution in [0.25, 0.3) is 28.2 Å². The second kappa shape index (κ2) is 8.90. The van der Waals surface area contributed by atoms with Gasteiger partial charge in [-0.15, -0.1) is 13.2 Å². The van der Waals surface area contributed by atoms with Gasteiger partial charge in [0.05, 0.1) is 11.4 Å². The number of aromatic nitrogens is 4. The number of amides is 1. The highest BCUT2D eigenvalue weighted by atomic mass is 19.4. The Bertz CT molecular complexity index is 1520. The normalized spacial score (nSPS) is 11.4. The summed E-state index contributed by atoms with van der Waals surface area (Å²) < 4.78 is 43.1. The number of rotatable bonds is 5. The number of benzene rings is 2. The highest BCUT2D eigenvalue weighted by Gasteiger charge is 2.31. The minimum absolute atomic E-state index is 0.0255. The third-order valence-corrected chi connectivity index (χ3v) is 5.08. The Balaban J connectivity index is 1.42. The van der Waals surface area contributed by atoms with Crippen LogP contribution in [0.4, 0.5) is 18.9 Å². The van der Waals surface area contributed by atoms with Gasteiger partial charge in [-0.05, 0) is 48.5 Å². The second-order valence-corrected chi connectivity index (χ2v) is 7.48. The molecule has 0 atom stereocenters. The quantitative estimate of drug-likeness (QED) is 0.357. The average Bonchev–Trinajstić information content (AvgIpc) is 3.28. The van der Waals surface area contributed by atoms with E-state index in [1.54, 1.807) is 47.4 Å². The van der Waals surface area contributed by atoms with Crippen molar-refractivity contribution in [3.8, 4) is 28.3 Å². The highest BCUT2D eigenvalue weighted by molar-refractivity contribution is 6.04. The standard InChI is InChI=1S/C25H16F3N5O2/c26-25(27,28)35-20-6-2-4-18(14-20)24(34)31-19-5-1-3-17(13-19)22-9-12-30-23-15-21(32-33(22)23)16-7-10-29-11-8-16/h1-15H,(H,31,34). The Labute approximate surface area is 196 Å². The van der Waals surface area contributed by atoms with Gasteiger partial charge in [-0.2, -0.15) is 5.10 Å². The maximum Gasteiger partial charge on any atom is 0.573 e. The van der Waals surface area contributed by atoms with Crippen LogP contribution in [0.3, 0.4) is 0 Å². The number of nitrogens with one attached hydrogen (secondary N) is 1. The number of anilines is 1. The number of pyridine rings is 1. The molecule has 1 N–H and O–H groups in total. The number of nitrogens with zero attached hydrogens (tertiary/aromatic N) is 4. The fourth-order valence-corrected chi connectivity index (χ4v) is 3.57. The molecule has 35 heavy (non-hydrogen) atoms. The van der Waals surface area contributed by atoms with E-state index in [2.05, 4.69) is 25.1 Å². The maximum absolute atomic E-state index is 12.7. The van der Waals surface area contributed by atoms with Gasteiger partial charge in [0.25, 0.3) is 5.91 Å². The molecule has 0 spiro atoms. The van der Waals surface area contributed by atoms with Crippen molar-refractivity contribution < 1.29 is 22.7 Å². The van der Waals surface area contributed by atoms with Gasteiger partial charge in [-0.25, -0.2) is 9.50 Å². The van der Waals surface area contributed by atoms with E-state index in [-0.39, 0.29) is 5.56 Å². The first kappa shape index (κ1) is 22.1. The number of fused-ring (bicyclic) bond motifs is 1. The number of carbonyl (C=O) groups excluding carboxylic acids is 1. The Morgan fingerprint density at radius 3 is 2.49 bits per heavy atom. The first-order chi connectivity index (χ1) is 16.9. The topological polar surface area (TPSA) is 81.4 Å². The van der Waals surface area contributed by atoms with Crippen LogP contribution < -0.4 is 10.1 Å². The highest BCUT2D eigenvalue weighted by Crippen LogP contribution is 2.27. The molecule has 0 radical (unpaired) electrons. The number of carbonyl (C=O) groups is 1. The van der Waals surface area contributed by atoms with E-state index < -0.39 is 18.0 Å². The number of halogens is 3. The summed E-state index contributed by atoms with van der Waals surface area (Å²) in [7, 11) is 0. The van der Waals surface area contributed by atoms with Crippen LogP contribution >= 0.6 is 0 Å². The smallest absolute Gasteiger partial charge is 0.406 e. The van der Waals surface area contributed by atoms with E-state index >= 15 is 0 Å². The fourth-order valence-electron chi connectivity index (χ4n) is 3.57. The van der Waals surface area contributed by atoms with Gasteiger partial charge >= 0.3 is 6.36 Å². The molecule has 0 saturated carbocycles. The zero-order valence-electron chi connectivity index (χ0n) is 17.9. The lowest BCUT2D eigenvalue weighted by molar-refractivity contribution is -0.274. The van der Waals surface area contributed by atoms with Gasteiger partial charge in [0.1, 0.15) is 5.75 Å². The van der Waals surface area contributed by atoms with Crippen molar-refractivity contribution in [1.29, 1.82) is 0 Å². The van der Waals surface area contributed by atoms with Crippen molar-refractivity contribution in [3.63, 3.8) is 0 Å². The van der Waals surface area contributed by atoms with Crippen LogP contribution in [0.5, 0.6) is 5.75 Å². The van der Waals surface area contributed by atoms with Crippen LogP contribution in [0.2, 0.25) is 0 Å². The second-order valence-electron chi connectivity index (χ2n) is 7.48. The molecule has 5 aromatic rings. The molecule has 174 valence electrons. The molecule has 10 heteroatoms. The van der Waals surface area contributed by atoms with Crippen LogP contribution in [0.15, 0.2) is 91.4 Å². The molecule has 3 heterocycles. The van der Waals surface area contributed by atoms with E-state index in [0.29, 0.717) is 11.3 Å². The average molecular weight is 475 g/mol. The van der Waals surface area contributed by atoms with Crippen LogP contribution in [-0.4, -0.2) is 31.9 Å². The van der Waals surface area contributed by atoms with Crippen molar-refractivity contribution in [2.24, 2.45) is 0 Å². The lowest BCUT2D eigenvalue weighted by atomic mass is 10.1. The molecule has 0 aliphatic carbocycles. The predicted molar refractivity (Wildman–Crippen MR) is 123 cm³/mol. The maximum atomic E-state index is 12.7. The van der Waals surface area contributed by atoms with Crippen LogP contribution in [0, 0.1) is 0 Å². The van der Waals surface area contributed by atoms with Crippen molar-refractivity contribution in [2.45, 2.75) is 6.36 Å². The third kappa shape index (κ3) is 4.96. The summed E-state index contributed by atoms with van der Waals surface area (Å²) in [4.78, 5) is 21.1. The number of ether oxygens (including phenoxy) is 1. The Morgan fingerprint density at radius 1 is 0.886 bits per heavy atom. The molecule has 5 rings (SSSR count). The lowest BCUT2D eigenvalue weighted by Crippen LogP contribution is -2.18. The fraction of sp³-hybridized carbons (Fsp3) is 0.0400. The summed E-state index contributed by atoms with van der Waals surface area (Å²) in [5.74, 6) is -1.05. The van der Waals surface area contributed by atoms with Crippen molar-refractivity contribution in [2.75, 3.05) is 5.32 Å². The van der Waals surface area contributed by atoms with Gasteiger partial charge < -0.3 is 10.1 Å². The molecule has 1 amide bonds. The van der Waals surface area contributed by atoms with Crippen LogP contribution in [-0.2, 0) is 0 Å². The summed E-state index contributed by atoms with van der Waals surface area (Å²) in [5.41, 5.74) is 4.26. The monoisotopic (exact) mass is 475 g/mol. The molecule has 0 fully saturated rings. The molecule has 7 nitrogen and oxygen atoms in total. The number of hydrogen-bond donors (Lipinski definition) is 1. The van der Waals surface area contributed by atoms with Crippen molar-refractivity contribution in [3.05, 3.63) is 97.0 Å². The third-order valence-electron chi connectivity index (χ3n) is 5.08. The summed E-state index contributed by atoms with van der Waals surface area (Å²) in [6.07, 6.45) is 0.193. The van der Waals surface area contributed by atoms with Gasteiger partial charge in [0.2, 0.25) is 0 Å². The summed E-state index contributed by atoms with van der Waals surface area (Å²) in [5, 5.41) is 7.38. The van der Waals surface area contributed by atoms with Gasteiger partial charge in [0.15, 0.2) is 5.65 Å². The molecular formula is C25H16F3N5O2. The molecule has 0 unspecified atom stereocenters. The largest absolute Gasteiger partial charge is 0.573 e. The van der Waals surface area contributed by atoms with E-state index in [4.69, 9.17) is 0 Å². The Kier molecular flexibility index (Phi) is 5.61. The molecule has 0 bridgehead atoms.